The van der Waals surface area contributed by atoms with Gasteiger partial charge in [-0.15, -0.1) is 0 Å². The van der Waals surface area contributed by atoms with Crippen molar-refractivity contribution in [2.75, 3.05) is 6.54 Å². The van der Waals surface area contributed by atoms with Gasteiger partial charge in [-0.3, -0.25) is 4.79 Å². The molecule has 0 N–H and O–H groups in total. The summed E-state index contributed by atoms with van der Waals surface area (Å²) in [7, 11) is 0. The number of aryl methyl sites for hydroxylation is 3. The first kappa shape index (κ1) is 14.7. The Bertz CT molecular complexity index is 648. The molecule has 3 rings (SSSR count). The Morgan fingerprint density at radius 1 is 1.45 bits per heavy atom. The molecule has 0 radical (unpaired) electrons. The zero-order valence-electron chi connectivity index (χ0n) is 13.0. The van der Waals surface area contributed by atoms with E-state index < -0.39 is 0 Å². The highest BCUT2D eigenvalue weighted by Gasteiger charge is 2.32. The Kier molecular flexibility index (Phi) is 4.22. The van der Waals surface area contributed by atoms with E-state index in [9.17, 15) is 4.79 Å². The SMILES string of the molecule is Cc1nc([C@@H]2CCCN2C(=O)CCCn2ccnc2C)no1. The fraction of sp³-hybridized carbons (Fsp3) is 0.600. The molecule has 1 atom stereocenters. The molecule has 0 aromatic carbocycles. The molecule has 0 spiro atoms. The second-order valence-corrected chi connectivity index (χ2v) is 5.69. The van der Waals surface area contributed by atoms with E-state index in [-0.39, 0.29) is 11.9 Å². The smallest absolute Gasteiger partial charge is 0.223 e. The number of nitrogens with zero attached hydrogens (tertiary/aromatic N) is 5. The van der Waals surface area contributed by atoms with E-state index in [0.29, 0.717) is 18.1 Å². The number of hydrogen-bond donors (Lipinski definition) is 0. The van der Waals surface area contributed by atoms with Gasteiger partial charge in [-0.25, -0.2) is 4.98 Å². The monoisotopic (exact) mass is 303 g/mol. The molecule has 1 fully saturated rings. The molecule has 0 saturated carbocycles. The second kappa shape index (κ2) is 6.29. The maximum Gasteiger partial charge on any atom is 0.223 e. The van der Waals surface area contributed by atoms with Crippen LogP contribution < -0.4 is 0 Å². The molecule has 1 aliphatic heterocycles. The molecule has 0 aliphatic carbocycles. The standard InChI is InChI=1S/C15H21N5O2/c1-11-16-7-10-19(11)8-4-6-14(21)20-9-3-5-13(20)15-17-12(2)22-18-15/h7,10,13H,3-6,8-9H2,1-2H3/t13-/m0/s1. The first-order chi connectivity index (χ1) is 10.6. The van der Waals surface area contributed by atoms with Crippen molar-refractivity contribution in [3.05, 3.63) is 29.9 Å². The van der Waals surface area contributed by atoms with Gasteiger partial charge in [0, 0.05) is 38.8 Å². The van der Waals surface area contributed by atoms with Crippen molar-refractivity contribution in [1.29, 1.82) is 0 Å². The van der Waals surface area contributed by atoms with E-state index in [2.05, 4.69) is 19.7 Å². The van der Waals surface area contributed by atoms with Crippen LogP contribution in [-0.4, -0.2) is 37.0 Å². The van der Waals surface area contributed by atoms with E-state index in [1.54, 1.807) is 13.1 Å². The van der Waals surface area contributed by atoms with Gasteiger partial charge in [0.25, 0.3) is 0 Å². The number of carbonyl (C=O) groups is 1. The van der Waals surface area contributed by atoms with E-state index in [1.807, 2.05) is 18.0 Å². The third-order valence-electron chi connectivity index (χ3n) is 4.13. The van der Waals surface area contributed by atoms with E-state index in [0.717, 1.165) is 38.2 Å². The van der Waals surface area contributed by atoms with Crippen molar-refractivity contribution in [2.45, 2.75) is 52.1 Å². The number of carbonyl (C=O) groups excluding carboxylic acids is 1. The van der Waals surface area contributed by atoms with Crippen molar-refractivity contribution in [2.24, 2.45) is 0 Å². The molecule has 1 aliphatic rings. The fourth-order valence-electron chi connectivity index (χ4n) is 2.97. The number of hydrogen-bond acceptors (Lipinski definition) is 5. The van der Waals surface area contributed by atoms with E-state index >= 15 is 0 Å². The maximum atomic E-state index is 12.5. The van der Waals surface area contributed by atoms with Crippen molar-refractivity contribution in [3.63, 3.8) is 0 Å². The van der Waals surface area contributed by atoms with Crippen LogP contribution in [0.3, 0.4) is 0 Å². The van der Waals surface area contributed by atoms with Crippen molar-refractivity contribution < 1.29 is 9.32 Å². The van der Waals surface area contributed by atoms with Crippen LogP contribution in [0, 0.1) is 13.8 Å². The zero-order valence-corrected chi connectivity index (χ0v) is 13.0. The fourth-order valence-corrected chi connectivity index (χ4v) is 2.97. The largest absolute Gasteiger partial charge is 0.340 e. The molecular formula is C15H21N5O2. The van der Waals surface area contributed by atoms with Crippen LogP contribution in [0.1, 0.15) is 49.3 Å². The third-order valence-corrected chi connectivity index (χ3v) is 4.13. The van der Waals surface area contributed by atoms with Gasteiger partial charge in [0.05, 0.1) is 6.04 Å². The molecular weight excluding hydrogens is 282 g/mol. The normalized spacial score (nSPS) is 18.1. The molecule has 7 nitrogen and oxygen atoms in total. The minimum atomic E-state index is -0.0278. The van der Waals surface area contributed by atoms with Crippen molar-refractivity contribution in [3.8, 4) is 0 Å². The van der Waals surface area contributed by atoms with Crippen LogP contribution in [-0.2, 0) is 11.3 Å². The van der Waals surface area contributed by atoms with Gasteiger partial charge < -0.3 is 14.0 Å². The Hall–Kier alpha value is -2.18. The van der Waals surface area contributed by atoms with Gasteiger partial charge in [-0.2, -0.15) is 4.98 Å². The van der Waals surface area contributed by atoms with Crippen LogP contribution in [0.25, 0.3) is 0 Å². The summed E-state index contributed by atoms with van der Waals surface area (Å²) in [5.74, 6) is 2.33. The second-order valence-electron chi connectivity index (χ2n) is 5.69. The summed E-state index contributed by atoms with van der Waals surface area (Å²) in [6, 6.07) is -0.0278. The van der Waals surface area contributed by atoms with Crippen molar-refractivity contribution >= 4 is 5.91 Å². The van der Waals surface area contributed by atoms with Crippen LogP contribution in [0.5, 0.6) is 0 Å². The topological polar surface area (TPSA) is 77.1 Å². The van der Waals surface area contributed by atoms with Crippen LogP contribution in [0.4, 0.5) is 0 Å². The molecule has 1 saturated heterocycles. The molecule has 2 aromatic rings. The molecule has 7 heteroatoms. The summed E-state index contributed by atoms with van der Waals surface area (Å²) >= 11 is 0. The quantitative estimate of drug-likeness (QED) is 0.844. The van der Waals surface area contributed by atoms with E-state index in [1.165, 1.54) is 0 Å². The average molecular weight is 303 g/mol. The number of amides is 1. The van der Waals surface area contributed by atoms with Gasteiger partial charge in [0.15, 0.2) is 5.82 Å². The van der Waals surface area contributed by atoms with Gasteiger partial charge in [-0.05, 0) is 26.2 Å². The summed E-state index contributed by atoms with van der Waals surface area (Å²) in [6.45, 7) is 5.33. The lowest BCUT2D eigenvalue weighted by molar-refractivity contribution is -0.132. The minimum Gasteiger partial charge on any atom is -0.340 e. The van der Waals surface area contributed by atoms with E-state index in [4.69, 9.17) is 4.52 Å². The summed E-state index contributed by atoms with van der Waals surface area (Å²) in [5, 5.41) is 3.97. The summed E-state index contributed by atoms with van der Waals surface area (Å²) in [6.07, 6.45) is 6.97. The number of aromatic nitrogens is 4. The first-order valence-electron chi connectivity index (χ1n) is 7.72. The average Bonchev–Trinajstić information content (AvgIpc) is 3.20. The van der Waals surface area contributed by atoms with Crippen LogP contribution >= 0.6 is 0 Å². The lowest BCUT2D eigenvalue weighted by Gasteiger charge is -2.22. The molecule has 118 valence electrons. The number of rotatable bonds is 5. The number of likely N-dealkylation sites (tertiary alicyclic amines) is 1. The van der Waals surface area contributed by atoms with Gasteiger partial charge in [-0.1, -0.05) is 5.16 Å². The molecule has 0 bridgehead atoms. The number of imidazole rings is 1. The molecule has 2 aromatic heterocycles. The first-order valence-corrected chi connectivity index (χ1v) is 7.72. The van der Waals surface area contributed by atoms with Crippen LogP contribution in [0.15, 0.2) is 16.9 Å². The predicted molar refractivity (Wildman–Crippen MR) is 78.9 cm³/mol. The minimum absolute atomic E-state index is 0.0278. The molecule has 22 heavy (non-hydrogen) atoms. The summed E-state index contributed by atoms with van der Waals surface area (Å²) < 4.78 is 7.11. The maximum absolute atomic E-state index is 12.5. The van der Waals surface area contributed by atoms with Crippen LogP contribution in [0.2, 0.25) is 0 Å². The molecule has 1 amide bonds. The lowest BCUT2D eigenvalue weighted by atomic mass is 10.2. The Morgan fingerprint density at radius 3 is 3.00 bits per heavy atom. The lowest BCUT2D eigenvalue weighted by Crippen LogP contribution is -2.31. The molecule has 0 unspecified atom stereocenters. The highest BCUT2D eigenvalue weighted by atomic mass is 16.5. The highest BCUT2D eigenvalue weighted by Crippen LogP contribution is 2.30. The molecule has 3 heterocycles. The Balaban J connectivity index is 1.56. The highest BCUT2D eigenvalue weighted by molar-refractivity contribution is 5.76. The predicted octanol–water partition coefficient (Wildman–Crippen LogP) is 2.03. The van der Waals surface area contributed by atoms with Crippen molar-refractivity contribution in [1.82, 2.24) is 24.6 Å². The van der Waals surface area contributed by atoms with Gasteiger partial charge in [0.1, 0.15) is 5.82 Å². The Labute approximate surface area is 129 Å². The van der Waals surface area contributed by atoms with Gasteiger partial charge in [0.2, 0.25) is 11.8 Å². The third kappa shape index (κ3) is 3.03. The summed E-state index contributed by atoms with van der Waals surface area (Å²) in [4.78, 5) is 22.8. The summed E-state index contributed by atoms with van der Waals surface area (Å²) in [5.41, 5.74) is 0. The van der Waals surface area contributed by atoms with Gasteiger partial charge >= 0.3 is 0 Å². The Morgan fingerprint density at radius 2 is 2.32 bits per heavy atom. The zero-order chi connectivity index (χ0) is 15.5.